The number of nitrogens with zero attached hydrogens (tertiary/aromatic N) is 1. The Bertz CT molecular complexity index is 1390. The minimum atomic E-state index is -0.520. The van der Waals surface area contributed by atoms with Crippen LogP contribution in [0.25, 0.3) is 6.08 Å². The lowest BCUT2D eigenvalue weighted by Gasteiger charge is -2.15. The van der Waals surface area contributed by atoms with Crippen LogP contribution < -0.4 is 14.8 Å². The number of hydrogen-bond donors (Lipinski definition) is 1. The molecule has 0 unspecified atom stereocenters. The van der Waals surface area contributed by atoms with Crippen molar-refractivity contribution in [2.45, 2.75) is 33.3 Å². The van der Waals surface area contributed by atoms with E-state index in [4.69, 9.17) is 9.47 Å². The summed E-state index contributed by atoms with van der Waals surface area (Å²) in [5, 5.41) is 2.25. The number of amides is 3. The molecule has 1 aliphatic rings. The van der Waals surface area contributed by atoms with E-state index in [1.807, 2.05) is 61.5 Å². The molecule has 0 saturated carbocycles. The predicted molar refractivity (Wildman–Crippen MR) is 158 cm³/mol. The fourth-order valence-electron chi connectivity index (χ4n) is 3.89. The number of hydrogen-bond acceptors (Lipinski definition) is 6. The van der Waals surface area contributed by atoms with Gasteiger partial charge in [0.1, 0.15) is 13.2 Å². The van der Waals surface area contributed by atoms with Crippen LogP contribution in [0.15, 0.2) is 76.1 Å². The fourth-order valence-corrected chi connectivity index (χ4v) is 5.30. The molecule has 4 rings (SSSR count). The van der Waals surface area contributed by atoms with Gasteiger partial charge in [-0.1, -0.05) is 56.3 Å². The zero-order valence-corrected chi connectivity index (χ0v) is 24.3. The van der Waals surface area contributed by atoms with Crippen LogP contribution in [-0.2, 0) is 16.2 Å². The Morgan fingerprint density at radius 2 is 1.77 bits per heavy atom. The molecule has 0 aromatic heterocycles. The lowest BCUT2D eigenvalue weighted by Crippen LogP contribution is -2.36. The first-order valence-corrected chi connectivity index (χ1v) is 14.1. The zero-order chi connectivity index (χ0) is 27.9. The Labute approximate surface area is 240 Å². The molecule has 0 bridgehead atoms. The number of nitrogens with one attached hydrogen (secondary N) is 1. The van der Waals surface area contributed by atoms with Crippen molar-refractivity contribution in [1.82, 2.24) is 4.90 Å². The normalized spacial score (nSPS) is 14.3. The SMILES string of the molecule is CCOc1cc(/C=C2/SC(=O)N(CC(=O)Nc3ccc(C(C)C)cc3)C2=O)cc(Br)c1OCc1ccccc1. The number of halogens is 1. The molecule has 3 amide bonds. The molecule has 0 aliphatic carbocycles. The molecule has 1 N–H and O–H groups in total. The number of benzene rings is 3. The van der Waals surface area contributed by atoms with Crippen molar-refractivity contribution in [1.29, 1.82) is 0 Å². The molecule has 0 atom stereocenters. The minimum absolute atomic E-state index is 0.224. The second kappa shape index (κ2) is 13.0. The number of carbonyl (C=O) groups is 3. The van der Waals surface area contributed by atoms with E-state index in [1.54, 1.807) is 18.2 Å². The van der Waals surface area contributed by atoms with Gasteiger partial charge in [-0.05, 0) is 87.6 Å². The number of anilines is 1. The van der Waals surface area contributed by atoms with Gasteiger partial charge in [0.05, 0.1) is 16.0 Å². The van der Waals surface area contributed by atoms with Crippen LogP contribution in [0.2, 0.25) is 0 Å². The van der Waals surface area contributed by atoms with Crippen LogP contribution in [0.4, 0.5) is 10.5 Å². The Balaban J connectivity index is 1.46. The van der Waals surface area contributed by atoms with Gasteiger partial charge in [-0.3, -0.25) is 19.3 Å². The molecular weight excluding hydrogens is 580 g/mol. The highest BCUT2D eigenvalue weighted by Gasteiger charge is 2.36. The average molecular weight is 610 g/mol. The molecule has 1 fully saturated rings. The summed E-state index contributed by atoms with van der Waals surface area (Å²) in [5.41, 5.74) is 3.42. The number of imide groups is 1. The molecule has 3 aromatic carbocycles. The maximum atomic E-state index is 13.0. The van der Waals surface area contributed by atoms with E-state index in [9.17, 15) is 14.4 Å². The van der Waals surface area contributed by atoms with Gasteiger partial charge < -0.3 is 14.8 Å². The lowest BCUT2D eigenvalue weighted by atomic mass is 10.0. The Morgan fingerprint density at radius 1 is 1.05 bits per heavy atom. The third-order valence-corrected chi connectivity index (χ3v) is 7.39. The largest absolute Gasteiger partial charge is 0.490 e. The van der Waals surface area contributed by atoms with Crippen molar-refractivity contribution in [3.63, 3.8) is 0 Å². The Kier molecular flexibility index (Phi) is 9.48. The number of carbonyl (C=O) groups excluding carboxylic acids is 3. The molecule has 39 heavy (non-hydrogen) atoms. The second-order valence-electron chi connectivity index (χ2n) is 9.13. The van der Waals surface area contributed by atoms with Gasteiger partial charge in [-0.2, -0.15) is 0 Å². The van der Waals surface area contributed by atoms with Crippen LogP contribution in [0, 0.1) is 0 Å². The van der Waals surface area contributed by atoms with Gasteiger partial charge in [0, 0.05) is 5.69 Å². The van der Waals surface area contributed by atoms with E-state index in [0.29, 0.717) is 46.4 Å². The predicted octanol–water partition coefficient (Wildman–Crippen LogP) is 7.23. The summed E-state index contributed by atoms with van der Waals surface area (Å²) < 4.78 is 12.5. The molecule has 1 aliphatic heterocycles. The minimum Gasteiger partial charge on any atom is -0.490 e. The van der Waals surface area contributed by atoms with E-state index in [0.717, 1.165) is 27.8 Å². The molecular formula is C30H29BrN2O5S. The average Bonchev–Trinajstić information content (AvgIpc) is 3.16. The molecule has 0 radical (unpaired) electrons. The van der Waals surface area contributed by atoms with Gasteiger partial charge in [0.15, 0.2) is 11.5 Å². The molecule has 1 saturated heterocycles. The highest BCUT2D eigenvalue weighted by molar-refractivity contribution is 9.10. The lowest BCUT2D eigenvalue weighted by molar-refractivity contribution is -0.127. The van der Waals surface area contributed by atoms with Crippen LogP contribution in [0.3, 0.4) is 0 Å². The summed E-state index contributed by atoms with van der Waals surface area (Å²) in [4.78, 5) is 39.4. The molecule has 7 nitrogen and oxygen atoms in total. The summed E-state index contributed by atoms with van der Waals surface area (Å²) in [6.45, 7) is 6.47. The summed E-state index contributed by atoms with van der Waals surface area (Å²) in [5.74, 6) is 0.464. The van der Waals surface area contributed by atoms with E-state index >= 15 is 0 Å². The number of thioether (sulfide) groups is 1. The first-order chi connectivity index (χ1) is 18.7. The van der Waals surface area contributed by atoms with E-state index in [2.05, 4.69) is 35.1 Å². The maximum Gasteiger partial charge on any atom is 0.294 e. The molecule has 1 heterocycles. The monoisotopic (exact) mass is 608 g/mol. The van der Waals surface area contributed by atoms with Gasteiger partial charge >= 0.3 is 0 Å². The first kappa shape index (κ1) is 28.4. The molecule has 9 heteroatoms. The van der Waals surface area contributed by atoms with Crippen molar-refractivity contribution >= 4 is 56.5 Å². The topological polar surface area (TPSA) is 84.9 Å². The van der Waals surface area contributed by atoms with Gasteiger partial charge in [0.25, 0.3) is 11.1 Å². The van der Waals surface area contributed by atoms with Crippen molar-refractivity contribution in [2.75, 3.05) is 18.5 Å². The summed E-state index contributed by atoms with van der Waals surface area (Å²) in [6.07, 6.45) is 1.61. The number of ether oxygens (including phenoxy) is 2. The summed E-state index contributed by atoms with van der Waals surface area (Å²) >= 11 is 4.35. The van der Waals surface area contributed by atoms with E-state index in [1.165, 1.54) is 0 Å². The van der Waals surface area contributed by atoms with E-state index < -0.39 is 17.1 Å². The van der Waals surface area contributed by atoms with Crippen LogP contribution in [0.5, 0.6) is 11.5 Å². The standard InChI is InChI=1S/C30H29BrN2O5S/c1-4-37-25-15-21(14-24(31)28(25)38-18-20-8-6-5-7-9-20)16-26-29(35)33(30(36)39-26)17-27(34)32-23-12-10-22(11-13-23)19(2)3/h5-16,19H,4,17-18H2,1-3H3,(H,32,34)/b26-16+. The van der Waals surface area contributed by atoms with Crippen molar-refractivity contribution < 1.29 is 23.9 Å². The third-order valence-electron chi connectivity index (χ3n) is 5.89. The van der Waals surface area contributed by atoms with Crippen molar-refractivity contribution in [2.24, 2.45) is 0 Å². The first-order valence-electron chi connectivity index (χ1n) is 12.5. The quantitative estimate of drug-likeness (QED) is 0.244. The van der Waals surface area contributed by atoms with Gasteiger partial charge in [-0.25, -0.2) is 0 Å². The second-order valence-corrected chi connectivity index (χ2v) is 11.0. The van der Waals surface area contributed by atoms with Gasteiger partial charge in [0.2, 0.25) is 5.91 Å². The molecule has 202 valence electrons. The number of rotatable bonds is 10. The molecule has 0 spiro atoms. The Morgan fingerprint density at radius 3 is 2.44 bits per heavy atom. The molecule has 3 aromatic rings. The highest BCUT2D eigenvalue weighted by atomic mass is 79.9. The maximum absolute atomic E-state index is 13.0. The van der Waals surface area contributed by atoms with Crippen molar-refractivity contribution in [3.05, 3.63) is 92.8 Å². The fraction of sp³-hybridized carbons (Fsp3) is 0.233. The van der Waals surface area contributed by atoms with Crippen LogP contribution in [0.1, 0.15) is 43.4 Å². The van der Waals surface area contributed by atoms with E-state index in [-0.39, 0.29) is 11.4 Å². The zero-order valence-electron chi connectivity index (χ0n) is 21.9. The highest BCUT2D eigenvalue weighted by Crippen LogP contribution is 2.39. The smallest absolute Gasteiger partial charge is 0.294 e. The van der Waals surface area contributed by atoms with Crippen molar-refractivity contribution in [3.8, 4) is 11.5 Å². The van der Waals surface area contributed by atoms with Gasteiger partial charge in [-0.15, -0.1) is 0 Å². The Hall–Kier alpha value is -3.56. The van der Waals surface area contributed by atoms with Crippen LogP contribution in [-0.4, -0.2) is 35.1 Å². The summed E-state index contributed by atoms with van der Waals surface area (Å²) in [7, 11) is 0. The third kappa shape index (κ3) is 7.30. The summed E-state index contributed by atoms with van der Waals surface area (Å²) in [6, 6.07) is 20.8. The van der Waals surface area contributed by atoms with Crippen LogP contribution >= 0.6 is 27.7 Å².